The molecule has 2 unspecified atom stereocenters. The summed E-state index contributed by atoms with van der Waals surface area (Å²) in [5.74, 6) is 0.280. The minimum absolute atomic E-state index is 0.0865. The zero-order valence-corrected chi connectivity index (χ0v) is 10.9. The molecule has 4 atom stereocenters. The van der Waals surface area contributed by atoms with Crippen LogP contribution in [-0.4, -0.2) is 28.9 Å². The van der Waals surface area contributed by atoms with Gasteiger partial charge in [0.1, 0.15) is 12.1 Å². The SMILES string of the molecule is Cc1cccc2c1[C@H]1CC3(C(=O)OCCCl)[C@@H]2N13. The van der Waals surface area contributed by atoms with E-state index in [1.54, 1.807) is 0 Å². The predicted octanol–water partition coefficient (Wildman–Crippen LogP) is 2.33. The second-order valence-electron chi connectivity index (χ2n) is 5.36. The molecule has 4 heteroatoms. The second-order valence-corrected chi connectivity index (χ2v) is 5.73. The van der Waals surface area contributed by atoms with E-state index < -0.39 is 0 Å². The summed E-state index contributed by atoms with van der Waals surface area (Å²) in [6, 6.07) is 7.08. The Morgan fingerprint density at radius 1 is 1.61 bits per heavy atom. The van der Waals surface area contributed by atoms with E-state index in [1.165, 1.54) is 16.7 Å². The van der Waals surface area contributed by atoms with Gasteiger partial charge in [0.25, 0.3) is 0 Å². The fourth-order valence-electron chi connectivity index (χ4n) is 3.91. The van der Waals surface area contributed by atoms with Gasteiger partial charge in [0.15, 0.2) is 0 Å². The minimum Gasteiger partial charge on any atom is -0.463 e. The first kappa shape index (κ1) is 10.8. The number of benzene rings is 1. The van der Waals surface area contributed by atoms with Crippen LogP contribution < -0.4 is 0 Å². The van der Waals surface area contributed by atoms with Crippen LogP contribution in [0.5, 0.6) is 0 Å². The number of ether oxygens (including phenoxy) is 1. The second kappa shape index (κ2) is 3.28. The molecule has 3 nitrogen and oxygen atoms in total. The Hall–Kier alpha value is -1.06. The summed E-state index contributed by atoms with van der Waals surface area (Å²) in [6.07, 6.45) is 0.913. The van der Waals surface area contributed by atoms with Crippen molar-refractivity contribution in [2.75, 3.05) is 12.5 Å². The number of hydrogen-bond acceptors (Lipinski definition) is 3. The first-order chi connectivity index (χ1) is 8.71. The topological polar surface area (TPSA) is 29.3 Å². The van der Waals surface area contributed by atoms with E-state index in [1.807, 2.05) is 0 Å². The van der Waals surface area contributed by atoms with E-state index in [2.05, 4.69) is 30.0 Å². The highest BCUT2D eigenvalue weighted by Gasteiger charge is 2.83. The minimum atomic E-state index is -0.336. The number of rotatable bonds is 3. The van der Waals surface area contributed by atoms with Crippen LogP contribution in [0.2, 0.25) is 0 Å². The lowest BCUT2D eigenvalue weighted by Crippen LogP contribution is -2.45. The molecule has 0 aliphatic carbocycles. The summed E-state index contributed by atoms with van der Waals surface area (Å²) in [5, 5.41) is 0. The van der Waals surface area contributed by atoms with Gasteiger partial charge in [0.2, 0.25) is 0 Å². The zero-order valence-electron chi connectivity index (χ0n) is 10.1. The van der Waals surface area contributed by atoms with Gasteiger partial charge in [0.05, 0.1) is 11.9 Å². The van der Waals surface area contributed by atoms with E-state index in [4.69, 9.17) is 16.3 Å². The van der Waals surface area contributed by atoms with Crippen LogP contribution in [0, 0.1) is 6.92 Å². The molecule has 2 fully saturated rings. The molecule has 0 bridgehead atoms. The summed E-state index contributed by atoms with van der Waals surface area (Å²) in [4.78, 5) is 14.4. The first-order valence-electron chi connectivity index (χ1n) is 6.33. The Labute approximate surface area is 111 Å². The van der Waals surface area contributed by atoms with Crippen LogP contribution in [-0.2, 0) is 9.53 Å². The molecule has 1 aromatic carbocycles. The van der Waals surface area contributed by atoms with Crippen LogP contribution in [0.1, 0.15) is 35.2 Å². The van der Waals surface area contributed by atoms with Crippen molar-refractivity contribution < 1.29 is 9.53 Å². The maximum Gasteiger partial charge on any atom is 0.328 e. The maximum absolute atomic E-state index is 12.1. The average molecular weight is 264 g/mol. The third kappa shape index (κ3) is 0.998. The highest BCUT2D eigenvalue weighted by Crippen LogP contribution is 2.77. The van der Waals surface area contributed by atoms with Crippen molar-refractivity contribution in [1.82, 2.24) is 4.90 Å². The third-order valence-corrected chi connectivity index (χ3v) is 4.77. The molecule has 2 saturated heterocycles. The molecule has 3 aliphatic heterocycles. The van der Waals surface area contributed by atoms with E-state index in [0.29, 0.717) is 18.5 Å². The molecular weight excluding hydrogens is 250 g/mol. The molecular formula is C14H14ClNO2. The van der Waals surface area contributed by atoms with E-state index in [9.17, 15) is 4.79 Å². The number of carbonyl (C=O) groups excluding carboxylic acids is 1. The number of halogens is 1. The lowest BCUT2D eigenvalue weighted by Gasteiger charge is -2.36. The predicted molar refractivity (Wildman–Crippen MR) is 67.5 cm³/mol. The van der Waals surface area contributed by atoms with Crippen molar-refractivity contribution in [3.8, 4) is 0 Å². The van der Waals surface area contributed by atoms with Crippen molar-refractivity contribution in [3.63, 3.8) is 0 Å². The molecule has 0 aromatic heterocycles. The van der Waals surface area contributed by atoms with Gasteiger partial charge in [-0.05, 0) is 30.0 Å². The number of nitrogens with zero attached hydrogens (tertiary/aromatic N) is 1. The fraction of sp³-hybridized carbons (Fsp3) is 0.500. The van der Waals surface area contributed by atoms with E-state index in [0.717, 1.165) is 6.42 Å². The Bertz CT molecular complexity index is 559. The smallest absolute Gasteiger partial charge is 0.328 e. The fourth-order valence-corrected chi connectivity index (χ4v) is 3.99. The number of fused-ring (bicyclic) bond motifs is 4. The summed E-state index contributed by atoms with van der Waals surface area (Å²) in [7, 11) is 0. The van der Waals surface area contributed by atoms with Crippen molar-refractivity contribution in [2.24, 2.45) is 0 Å². The van der Waals surface area contributed by atoms with Crippen LogP contribution in [0.15, 0.2) is 18.2 Å². The molecule has 0 N–H and O–H groups in total. The standard InChI is InChI=1S/C14H14ClNO2/c1-8-3-2-4-9-11(8)10-7-14(12(9)16(10)14)13(17)18-6-5-15/h2-4,10,12H,5-7H2,1H3/t10-,12-,14?,16?/m1/s1. The normalized spacial score (nSPS) is 37.6. The number of esters is 1. The van der Waals surface area contributed by atoms with Gasteiger partial charge in [-0.2, -0.15) is 0 Å². The summed E-state index contributed by atoms with van der Waals surface area (Å²) in [5.41, 5.74) is 3.77. The quantitative estimate of drug-likeness (QED) is 0.476. The first-order valence-corrected chi connectivity index (χ1v) is 6.86. The molecule has 3 heterocycles. The molecule has 18 heavy (non-hydrogen) atoms. The molecule has 0 radical (unpaired) electrons. The van der Waals surface area contributed by atoms with Gasteiger partial charge in [0, 0.05) is 6.04 Å². The Balaban J connectivity index is 1.66. The van der Waals surface area contributed by atoms with Crippen LogP contribution in [0.25, 0.3) is 0 Å². The molecule has 94 valence electrons. The van der Waals surface area contributed by atoms with Crippen molar-refractivity contribution in [2.45, 2.75) is 31.0 Å². The maximum atomic E-state index is 12.1. The van der Waals surface area contributed by atoms with E-state index in [-0.39, 0.29) is 17.6 Å². The lowest BCUT2D eigenvalue weighted by molar-refractivity contribution is -0.151. The molecule has 0 spiro atoms. The number of aryl methyl sites for hydroxylation is 1. The van der Waals surface area contributed by atoms with Crippen LogP contribution in [0.3, 0.4) is 0 Å². The van der Waals surface area contributed by atoms with Crippen LogP contribution in [0.4, 0.5) is 0 Å². The summed E-state index contributed by atoms with van der Waals surface area (Å²) < 4.78 is 5.23. The third-order valence-electron chi connectivity index (χ3n) is 4.61. The Morgan fingerprint density at radius 2 is 2.44 bits per heavy atom. The summed E-state index contributed by atoms with van der Waals surface area (Å²) >= 11 is 5.56. The molecule has 3 aliphatic rings. The van der Waals surface area contributed by atoms with Crippen molar-refractivity contribution in [1.29, 1.82) is 0 Å². The van der Waals surface area contributed by atoms with Gasteiger partial charge < -0.3 is 4.74 Å². The largest absolute Gasteiger partial charge is 0.463 e. The van der Waals surface area contributed by atoms with Gasteiger partial charge in [-0.1, -0.05) is 18.2 Å². The molecule has 0 saturated carbocycles. The Kier molecular flexibility index (Phi) is 1.97. The van der Waals surface area contributed by atoms with Gasteiger partial charge in [-0.15, -0.1) is 11.6 Å². The van der Waals surface area contributed by atoms with Gasteiger partial charge in [-0.3, -0.25) is 4.90 Å². The highest BCUT2D eigenvalue weighted by atomic mass is 35.5. The van der Waals surface area contributed by atoms with Gasteiger partial charge in [-0.25, -0.2) is 4.79 Å². The van der Waals surface area contributed by atoms with E-state index >= 15 is 0 Å². The zero-order chi connectivity index (χ0) is 12.5. The van der Waals surface area contributed by atoms with Gasteiger partial charge >= 0.3 is 5.97 Å². The average Bonchev–Trinajstić information content (AvgIpc) is 2.77. The monoisotopic (exact) mass is 263 g/mol. The van der Waals surface area contributed by atoms with Crippen molar-refractivity contribution in [3.05, 3.63) is 34.9 Å². The molecule has 4 rings (SSSR count). The lowest BCUT2D eigenvalue weighted by atomic mass is 9.77. The Morgan fingerprint density at radius 3 is 3.22 bits per heavy atom. The molecule has 1 aromatic rings. The number of alkyl halides is 1. The number of hydrogen-bond donors (Lipinski definition) is 0. The molecule has 0 amide bonds. The number of carbonyl (C=O) groups is 1. The highest BCUT2D eigenvalue weighted by molar-refractivity contribution is 6.18. The van der Waals surface area contributed by atoms with Crippen LogP contribution >= 0.6 is 11.6 Å². The summed E-state index contributed by atoms with van der Waals surface area (Å²) in [6.45, 7) is 2.46. The van der Waals surface area contributed by atoms with Crippen molar-refractivity contribution >= 4 is 17.6 Å².